The summed E-state index contributed by atoms with van der Waals surface area (Å²) in [5, 5.41) is 0. The zero-order valence-corrected chi connectivity index (χ0v) is 7.98. The van der Waals surface area contributed by atoms with Gasteiger partial charge in [0.2, 0.25) is 5.92 Å². The monoisotopic (exact) mass is 263 g/mol. The number of rotatable bonds is 0. The molecule has 0 unspecified atom stereocenters. The minimum atomic E-state index is -2.42. The van der Waals surface area contributed by atoms with Crippen molar-refractivity contribution in [2.45, 2.75) is 37.6 Å². The first-order valence-corrected chi connectivity index (χ1v) is 3.23. The fourth-order valence-corrected chi connectivity index (χ4v) is 1.06. The second-order valence-electron chi connectivity index (χ2n) is 2.69. The second-order valence-corrected chi connectivity index (χ2v) is 2.69. The van der Waals surface area contributed by atoms with E-state index < -0.39 is 5.92 Å². The van der Waals surface area contributed by atoms with Crippen LogP contribution in [0.2, 0.25) is 0 Å². The molecular formula is C6H12F2IN. The molecule has 1 rings (SSSR count). The van der Waals surface area contributed by atoms with Gasteiger partial charge in [-0.3, -0.25) is 0 Å². The van der Waals surface area contributed by atoms with Crippen LogP contribution in [0.5, 0.6) is 0 Å². The van der Waals surface area contributed by atoms with Gasteiger partial charge in [-0.25, -0.2) is 8.78 Å². The molecule has 1 nitrogen and oxygen atoms in total. The Bertz CT molecular complexity index is 97.9. The zero-order chi connectivity index (χ0) is 6.91. The van der Waals surface area contributed by atoms with Crippen LogP contribution in [0.1, 0.15) is 25.7 Å². The van der Waals surface area contributed by atoms with E-state index in [-0.39, 0.29) is 42.9 Å². The first-order chi connectivity index (χ1) is 4.10. The van der Waals surface area contributed by atoms with Crippen LogP contribution >= 0.6 is 24.0 Å². The van der Waals surface area contributed by atoms with E-state index >= 15 is 0 Å². The highest BCUT2D eigenvalue weighted by Crippen LogP contribution is 2.31. The molecule has 0 aliphatic heterocycles. The van der Waals surface area contributed by atoms with E-state index in [1.807, 2.05) is 0 Å². The smallest absolute Gasteiger partial charge is 0.248 e. The molecule has 0 amide bonds. The molecule has 10 heavy (non-hydrogen) atoms. The maximum absolute atomic E-state index is 12.3. The number of nitrogens with two attached hydrogens (primary N) is 1. The predicted molar refractivity (Wildman–Crippen MR) is 46.8 cm³/mol. The van der Waals surface area contributed by atoms with Crippen molar-refractivity contribution in [3.05, 3.63) is 0 Å². The highest BCUT2D eigenvalue weighted by molar-refractivity contribution is 14.0. The van der Waals surface area contributed by atoms with Gasteiger partial charge in [-0.05, 0) is 12.8 Å². The van der Waals surface area contributed by atoms with Crippen LogP contribution in [0.3, 0.4) is 0 Å². The Morgan fingerprint density at radius 2 is 1.60 bits per heavy atom. The third kappa shape index (κ3) is 3.09. The van der Waals surface area contributed by atoms with E-state index in [1.54, 1.807) is 0 Å². The van der Waals surface area contributed by atoms with Crippen molar-refractivity contribution in [3.8, 4) is 0 Å². The quantitative estimate of drug-likeness (QED) is 0.666. The van der Waals surface area contributed by atoms with Gasteiger partial charge in [0.25, 0.3) is 0 Å². The lowest BCUT2D eigenvalue weighted by Gasteiger charge is -2.25. The topological polar surface area (TPSA) is 26.0 Å². The lowest BCUT2D eigenvalue weighted by atomic mass is 9.93. The molecule has 1 aliphatic carbocycles. The van der Waals surface area contributed by atoms with Crippen LogP contribution in [0.15, 0.2) is 0 Å². The summed E-state index contributed by atoms with van der Waals surface area (Å²) < 4.78 is 24.6. The summed E-state index contributed by atoms with van der Waals surface area (Å²) in [4.78, 5) is 0. The Kier molecular flexibility index (Phi) is 4.01. The molecule has 62 valence electrons. The van der Waals surface area contributed by atoms with Crippen LogP contribution in [0, 0.1) is 0 Å². The summed E-state index contributed by atoms with van der Waals surface area (Å²) in [7, 11) is 0. The fourth-order valence-electron chi connectivity index (χ4n) is 1.06. The molecule has 1 fully saturated rings. The third-order valence-electron chi connectivity index (χ3n) is 1.76. The highest BCUT2D eigenvalue weighted by Gasteiger charge is 2.33. The molecule has 4 heteroatoms. The van der Waals surface area contributed by atoms with Crippen LogP contribution in [-0.4, -0.2) is 12.0 Å². The van der Waals surface area contributed by atoms with Crippen molar-refractivity contribution in [2.75, 3.05) is 0 Å². The van der Waals surface area contributed by atoms with Gasteiger partial charge < -0.3 is 5.73 Å². The van der Waals surface area contributed by atoms with E-state index in [2.05, 4.69) is 0 Å². The zero-order valence-electron chi connectivity index (χ0n) is 5.65. The van der Waals surface area contributed by atoms with Crippen LogP contribution in [0.4, 0.5) is 8.78 Å². The molecule has 0 heterocycles. The lowest BCUT2D eigenvalue weighted by molar-refractivity contribution is -0.0375. The predicted octanol–water partition coefficient (Wildman–Crippen LogP) is 2.14. The number of hydrogen-bond acceptors (Lipinski definition) is 1. The van der Waals surface area contributed by atoms with Crippen LogP contribution in [-0.2, 0) is 0 Å². The molecular weight excluding hydrogens is 251 g/mol. The molecule has 0 radical (unpaired) electrons. The number of alkyl halides is 2. The van der Waals surface area contributed by atoms with Gasteiger partial charge in [-0.2, -0.15) is 0 Å². The number of hydrogen-bond donors (Lipinski definition) is 1. The van der Waals surface area contributed by atoms with Crippen molar-refractivity contribution in [1.82, 2.24) is 0 Å². The van der Waals surface area contributed by atoms with Crippen molar-refractivity contribution in [3.63, 3.8) is 0 Å². The summed E-state index contributed by atoms with van der Waals surface area (Å²) in [6.45, 7) is 0. The molecule has 0 aromatic rings. The van der Waals surface area contributed by atoms with E-state index in [0.29, 0.717) is 12.8 Å². The SMILES string of the molecule is I.NC1CCC(F)(F)CC1. The summed E-state index contributed by atoms with van der Waals surface area (Å²) in [5.41, 5.74) is 5.42. The standard InChI is InChI=1S/C6H11F2N.HI/c7-6(8)3-1-5(9)2-4-6;/h5H,1-4,9H2;1H. The van der Waals surface area contributed by atoms with Gasteiger partial charge >= 0.3 is 0 Å². The summed E-state index contributed by atoms with van der Waals surface area (Å²) in [6.07, 6.45) is 0.919. The molecule has 0 saturated heterocycles. The molecule has 1 aliphatic rings. The van der Waals surface area contributed by atoms with Crippen LogP contribution in [0.25, 0.3) is 0 Å². The van der Waals surface area contributed by atoms with Crippen molar-refractivity contribution < 1.29 is 8.78 Å². The molecule has 0 spiro atoms. The van der Waals surface area contributed by atoms with Gasteiger partial charge in [0.15, 0.2) is 0 Å². The first-order valence-electron chi connectivity index (χ1n) is 3.23. The minimum Gasteiger partial charge on any atom is -0.328 e. The largest absolute Gasteiger partial charge is 0.328 e. The Labute approximate surface area is 76.4 Å². The average molecular weight is 263 g/mol. The van der Waals surface area contributed by atoms with Gasteiger partial charge in [-0.15, -0.1) is 24.0 Å². The molecule has 0 aromatic heterocycles. The normalized spacial score (nSPS) is 25.5. The van der Waals surface area contributed by atoms with Gasteiger partial charge in [-0.1, -0.05) is 0 Å². The van der Waals surface area contributed by atoms with Gasteiger partial charge in [0.05, 0.1) is 0 Å². The molecule has 2 N–H and O–H groups in total. The van der Waals surface area contributed by atoms with Gasteiger partial charge in [0, 0.05) is 18.9 Å². The average Bonchev–Trinajstić information content (AvgIpc) is 1.78. The van der Waals surface area contributed by atoms with Gasteiger partial charge in [0.1, 0.15) is 0 Å². The van der Waals surface area contributed by atoms with Crippen molar-refractivity contribution in [1.29, 1.82) is 0 Å². The van der Waals surface area contributed by atoms with E-state index in [9.17, 15) is 8.78 Å². The van der Waals surface area contributed by atoms with Crippen molar-refractivity contribution >= 4 is 24.0 Å². The lowest BCUT2D eigenvalue weighted by Crippen LogP contribution is -2.32. The number of halogens is 3. The van der Waals surface area contributed by atoms with E-state index in [4.69, 9.17) is 5.73 Å². The molecule has 0 aromatic carbocycles. The van der Waals surface area contributed by atoms with E-state index in [0.717, 1.165) is 0 Å². The first kappa shape index (κ1) is 10.6. The Hall–Kier alpha value is 0.550. The molecule has 0 bridgehead atoms. The molecule has 0 atom stereocenters. The van der Waals surface area contributed by atoms with Crippen LogP contribution < -0.4 is 5.73 Å². The third-order valence-corrected chi connectivity index (χ3v) is 1.76. The summed E-state index contributed by atoms with van der Waals surface area (Å²) in [6, 6.07) is 0.0182. The Balaban J connectivity index is 0.000000810. The van der Waals surface area contributed by atoms with Crippen molar-refractivity contribution in [2.24, 2.45) is 5.73 Å². The summed E-state index contributed by atoms with van der Waals surface area (Å²) in [5.74, 6) is -2.42. The fraction of sp³-hybridized carbons (Fsp3) is 1.00. The highest BCUT2D eigenvalue weighted by atomic mass is 127. The maximum Gasteiger partial charge on any atom is 0.248 e. The second kappa shape index (κ2) is 3.80. The minimum absolute atomic E-state index is 0. The summed E-state index contributed by atoms with van der Waals surface area (Å²) >= 11 is 0. The van der Waals surface area contributed by atoms with E-state index in [1.165, 1.54) is 0 Å². The molecule has 1 saturated carbocycles. The Morgan fingerprint density at radius 1 is 1.20 bits per heavy atom. The Morgan fingerprint density at radius 3 is 1.90 bits per heavy atom. The maximum atomic E-state index is 12.3.